The molecule has 6 heteroatoms. The quantitative estimate of drug-likeness (QED) is 0.790. The highest BCUT2D eigenvalue weighted by Gasteiger charge is 2.15. The van der Waals surface area contributed by atoms with Gasteiger partial charge in [0.15, 0.2) is 12.4 Å². The fourth-order valence-electron chi connectivity index (χ4n) is 2.79. The summed E-state index contributed by atoms with van der Waals surface area (Å²) in [5.74, 6) is 1.79. The summed E-state index contributed by atoms with van der Waals surface area (Å²) in [6.07, 6.45) is 12.3. The maximum absolute atomic E-state index is 6.02. The number of nitrogens with zero attached hydrogens (tertiary/aromatic N) is 3. The minimum absolute atomic E-state index is 0.279. The van der Waals surface area contributed by atoms with Crippen LogP contribution in [-0.2, 0) is 9.47 Å². The molecule has 1 aromatic heterocycles. The largest absolute Gasteiger partial charge is 0.488 e. The minimum Gasteiger partial charge on any atom is -0.488 e. The number of hydrogen-bond donors (Lipinski definition) is 0. The lowest BCUT2D eigenvalue weighted by molar-refractivity contribution is 0.211. The van der Waals surface area contributed by atoms with E-state index in [-0.39, 0.29) is 6.61 Å². The molecule has 1 aliphatic heterocycles. The van der Waals surface area contributed by atoms with Gasteiger partial charge in [-0.15, -0.1) is 0 Å². The second kappa shape index (κ2) is 7.07. The number of fused-ring (bicyclic) bond motifs is 1. The summed E-state index contributed by atoms with van der Waals surface area (Å²) in [5.41, 5.74) is 2.06. The van der Waals surface area contributed by atoms with Crippen molar-refractivity contribution < 1.29 is 9.47 Å². The summed E-state index contributed by atoms with van der Waals surface area (Å²) in [6.45, 7) is 0.279. The topological polar surface area (TPSA) is 56.6 Å². The molecule has 0 saturated carbocycles. The van der Waals surface area contributed by atoms with E-state index in [2.05, 4.69) is 33.2 Å². The summed E-state index contributed by atoms with van der Waals surface area (Å²) in [6, 6.07) is 5.44. The first-order valence-corrected chi connectivity index (χ1v) is 8.46. The van der Waals surface area contributed by atoms with Crippen LogP contribution >= 0.6 is 11.6 Å². The van der Waals surface area contributed by atoms with E-state index in [0.717, 1.165) is 35.9 Å². The highest BCUT2D eigenvalue weighted by molar-refractivity contribution is 6.31. The number of rotatable bonds is 3. The number of allylic oxidation sites excluding steroid dienone is 4. The van der Waals surface area contributed by atoms with Crippen LogP contribution in [0.1, 0.15) is 19.3 Å². The molecule has 1 aliphatic carbocycles. The van der Waals surface area contributed by atoms with Gasteiger partial charge in [-0.1, -0.05) is 35.4 Å². The Morgan fingerprint density at radius 1 is 1.24 bits per heavy atom. The van der Waals surface area contributed by atoms with E-state index < -0.39 is 0 Å². The number of halogens is 1. The molecular formula is C19H16ClN3O2. The average molecular weight is 354 g/mol. The van der Waals surface area contributed by atoms with Gasteiger partial charge in [0.2, 0.25) is 5.90 Å². The van der Waals surface area contributed by atoms with E-state index in [1.165, 1.54) is 11.9 Å². The van der Waals surface area contributed by atoms with Crippen LogP contribution in [0.4, 0.5) is 5.82 Å². The predicted octanol–water partition coefficient (Wildman–Crippen LogP) is 4.87. The molecule has 2 aliphatic rings. The van der Waals surface area contributed by atoms with Crippen LogP contribution in [0, 0.1) is 0 Å². The van der Waals surface area contributed by atoms with Crippen molar-refractivity contribution in [2.24, 2.45) is 4.99 Å². The van der Waals surface area contributed by atoms with Crippen LogP contribution in [0.25, 0.3) is 10.9 Å². The molecule has 0 fully saturated rings. The molecular weight excluding hydrogens is 338 g/mol. The van der Waals surface area contributed by atoms with E-state index in [1.807, 2.05) is 6.07 Å². The van der Waals surface area contributed by atoms with Crippen LogP contribution in [-0.4, -0.2) is 22.5 Å². The van der Waals surface area contributed by atoms with Gasteiger partial charge in [0.05, 0.1) is 5.52 Å². The summed E-state index contributed by atoms with van der Waals surface area (Å²) < 4.78 is 11.4. The second-order valence-corrected chi connectivity index (χ2v) is 6.27. The van der Waals surface area contributed by atoms with Crippen LogP contribution in [0.15, 0.2) is 65.3 Å². The molecule has 126 valence electrons. The lowest BCUT2D eigenvalue weighted by Gasteiger charge is -2.18. The molecule has 0 N–H and O–H groups in total. The van der Waals surface area contributed by atoms with Gasteiger partial charge in [-0.25, -0.2) is 9.97 Å². The number of benzene rings is 1. The number of hydrogen-bond acceptors (Lipinski definition) is 5. The minimum atomic E-state index is 0.279. The Hall–Kier alpha value is -2.66. The zero-order valence-corrected chi connectivity index (χ0v) is 14.2. The summed E-state index contributed by atoms with van der Waals surface area (Å²) >= 11 is 6.02. The molecule has 2 heterocycles. The van der Waals surface area contributed by atoms with Gasteiger partial charge < -0.3 is 9.47 Å². The maximum atomic E-state index is 6.02. The van der Waals surface area contributed by atoms with Crippen molar-refractivity contribution in [2.75, 3.05) is 6.61 Å². The van der Waals surface area contributed by atoms with Crippen molar-refractivity contribution in [1.82, 2.24) is 9.97 Å². The molecule has 5 nitrogen and oxygen atoms in total. The molecule has 0 spiro atoms. The Morgan fingerprint density at radius 3 is 3.08 bits per heavy atom. The smallest absolute Gasteiger partial charge is 0.234 e. The van der Waals surface area contributed by atoms with Gasteiger partial charge in [-0.05, 0) is 31.0 Å². The maximum Gasteiger partial charge on any atom is 0.234 e. The predicted molar refractivity (Wildman–Crippen MR) is 97.8 cm³/mol. The third kappa shape index (κ3) is 3.72. The summed E-state index contributed by atoms with van der Waals surface area (Å²) in [7, 11) is 0. The monoisotopic (exact) mass is 353 g/mol. The molecule has 0 radical (unpaired) electrons. The van der Waals surface area contributed by atoms with Crippen molar-refractivity contribution in [1.29, 1.82) is 0 Å². The normalized spacial score (nSPS) is 18.5. The fraction of sp³-hybridized carbons (Fsp3) is 0.211. The van der Waals surface area contributed by atoms with Crippen LogP contribution in [0.5, 0.6) is 0 Å². The molecule has 2 aromatic rings. The van der Waals surface area contributed by atoms with Gasteiger partial charge in [0.25, 0.3) is 0 Å². The highest BCUT2D eigenvalue weighted by Crippen LogP contribution is 2.27. The molecule has 0 bridgehead atoms. The van der Waals surface area contributed by atoms with Crippen molar-refractivity contribution in [3.05, 3.63) is 65.4 Å². The zero-order valence-electron chi connectivity index (χ0n) is 13.5. The van der Waals surface area contributed by atoms with Gasteiger partial charge >= 0.3 is 0 Å². The lowest BCUT2D eigenvalue weighted by atomic mass is 10.0. The van der Waals surface area contributed by atoms with E-state index >= 15 is 0 Å². The lowest BCUT2D eigenvalue weighted by Crippen LogP contribution is -2.17. The van der Waals surface area contributed by atoms with Crippen molar-refractivity contribution in [2.45, 2.75) is 19.3 Å². The van der Waals surface area contributed by atoms with Crippen molar-refractivity contribution in [3.8, 4) is 0 Å². The Morgan fingerprint density at radius 2 is 2.20 bits per heavy atom. The Bertz CT molecular complexity index is 931. The molecule has 0 atom stereocenters. The molecule has 0 amide bonds. The highest BCUT2D eigenvalue weighted by atomic mass is 35.5. The Labute approximate surface area is 150 Å². The van der Waals surface area contributed by atoms with Gasteiger partial charge in [0, 0.05) is 16.8 Å². The Balaban J connectivity index is 1.57. The first kappa shape index (κ1) is 15.8. The van der Waals surface area contributed by atoms with Crippen molar-refractivity contribution in [3.63, 3.8) is 0 Å². The summed E-state index contributed by atoms with van der Waals surface area (Å²) in [5, 5.41) is 1.45. The second-order valence-electron chi connectivity index (χ2n) is 5.83. The molecule has 4 rings (SSSR count). The van der Waals surface area contributed by atoms with Crippen molar-refractivity contribution >= 4 is 34.2 Å². The third-order valence-electron chi connectivity index (χ3n) is 3.98. The Kier molecular flexibility index (Phi) is 4.48. The van der Waals surface area contributed by atoms with Gasteiger partial charge in [-0.2, -0.15) is 4.99 Å². The van der Waals surface area contributed by atoms with Crippen LogP contribution in [0.2, 0.25) is 5.02 Å². The molecule has 1 aromatic carbocycles. The van der Waals surface area contributed by atoms with Crippen LogP contribution < -0.4 is 0 Å². The standard InChI is InChI=1S/C19H16ClN3O2/c20-14-6-7-16-17(9-14)21-12-22-19(16)23-18-11-24-10-15(25-18)8-13-4-2-1-3-5-13/h1-2,4,6-7,9-10,12H,3,5,8,11H2. The molecule has 25 heavy (non-hydrogen) atoms. The van der Waals surface area contributed by atoms with E-state index in [9.17, 15) is 0 Å². The first-order chi connectivity index (χ1) is 12.3. The average Bonchev–Trinajstić information content (AvgIpc) is 2.63. The van der Waals surface area contributed by atoms with Gasteiger partial charge in [-0.3, -0.25) is 0 Å². The van der Waals surface area contributed by atoms with Crippen LogP contribution in [0.3, 0.4) is 0 Å². The fourth-order valence-corrected chi connectivity index (χ4v) is 2.96. The zero-order chi connectivity index (χ0) is 17.1. The number of aromatic nitrogens is 2. The SMILES string of the molecule is Clc1ccc2c(N=C3COC=C(CC4=CC=CCC4)O3)ncnc2c1. The number of ether oxygens (including phenoxy) is 2. The third-order valence-corrected chi connectivity index (χ3v) is 4.22. The molecule has 0 saturated heterocycles. The summed E-state index contributed by atoms with van der Waals surface area (Å²) in [4.78, 5) is 13.0. The van der Waals surface area contributed by atoms with E-state index in [0.29, 0.717) is 16.7 Å². The first-order valence-electron chi connectivity index (χ1n) is 8.09. The molecule has 0 unspecified atom stereocenters. The van der Waals surface area contributed by atoms with E-state index in [4.69, 9.17) is 21.1 Å². The van der Waals surface area contributed by atoms with Gasteiger partial charge in [0.1, 0.15) is 18.3 Å². The number of aliphatic imine (C=N–C) groups is 1. The van der Waals surface area contributed by atoms with E-state index in [1.54, 1.807) is 18.4 Å².